The Hall–Kier alpha value is -3.38. The molecule has 0 saturated heterocycles. The molecule has 27 heavy (non-hydrogen) atoms. The van der Waals surface area contributed by atoms with E-state index in [-0.39, 0.29) is 0 Å². The van der Waals surface area contributed by atoms with Gasteiger partial charge in [-0.25, -0.2) is 0 Å². The molecule has 0 unspecified atom stereocenters. The molecule has 0 atom stereocenters. The molecule has 0 spiro atoms. The van der Waals surface area contributed by atoms with E-state index in [0.717, 1.165) is 6.42 Å². The minimum Gasteiger partial charge on any atom is -0.0619 e. The van der Waals surface area contributed by atoms with Crippen molar-refractivity contribution in [1.82, 2.24) is 0 Å². The molecule has 0 nitrogen and oxygen atoms in total. The normalized spacial score (nSPS) is 12.3. The highest BCUT2D eigenvalue weighted by molar-refractivity contribution is 6.00. The summed E-state index contributed by atoms with van der Waals surface area (Å²) in [7, 11) is 0. The molecule has 126 valence electrons. The van der Waals surface area contributed by atoms with Gasteiger partial charge in [0.1, 0.15) is 0 Å². The van der Waals surface area contributed by atoms with Gasteiger partial charge in [-0.05, 0) is 79.5 Å². The quantitative estimate of drug-likeness (QED) is 0.276. The van der Waals surface area contributed by atoms with Gasteiger partial charge >= 0.3 is 0 Å². The summed E-state index contributed by atoms with van der Waals surface area (Å²) in [6.07, 6.45) is 1.03. The summed E-state index contributed by atoms with van der Waals surface area (Å²) in [5, 5.41) is 5.20. The Morgan fingerprint density at radius 3 is 2.00 bits per heavy atom. The lowest BCUT2D eigenvalue weighted by Crippen LogP contribution is -1.88. The molecule has 0 bridgehead atoms. The number of fused-ring (bicyclic) bond motifs is 5. The van der Waals surface area contributed by atoms with E-state index in [4.69, 9.17) is 0 Å². The van der Waals surface area contributed by atoms with E-state index in [9.17, 15) is 0 Å². The zero-order valence-electron chi connectivity index (χ0n) is 14.9. The highest BCUT2D eigenvalue weighted by Crippen LogP contribution is 2.42. The fourth-order valence-corrected chi connectivity index (χ4v) is 4.54. The first-order valence-electron chi connectivity index (χ1n) is 9.50. The van der Waals surface area contributed by atoms with Crippen LogP contribution in [0.5, 0.6) is 0 Å². The predicted octanol–water partition coefficient (Wildman–Crippen LogP) is 7.23. The molecule has 1 aliphatic rings. The van der Waals surface area contributed by atoms with Gasteiger partial charge in [-0.15, -0.1) is 0 Å². The van der Waals surface area contributed by atoms with Crippen molar-refractivity contribution in [2.24, 2.45) is 0 Å². The summed E-state index contributed by atoms with van der Waals surface area (Å²) in [6.45, 7) is 0. The van der Waals surface area contributed by atoms with Gasteiger partial charge in [0.2, 0.25) is 0 Å². The van der Waals surface area contributed by atoms with Crippen molar-refractivity contribution in [3.8, 4) is 22.3 Å². The maximum atomic E-state index is 2.35. The van der Waals surface area contributed by atoms with E-state index in [2.05, 4.69) is 97.1 Å². The van der Waals surface area contributed by atoms with Crippen molar-refractivity contribution < 1.29 is 0 Å². The summed E-state index contributed by atoms with van der Waals surface area (Å²) in [5.74, 6) is 0. The molecule has 6 rings (SSSR count). The summed E-state index contributed by atoms with van der Waals surface area (Å²) in [5.41, 5.74) is 8.34. The zero-order valence-corrected chi connectivity index (χ0v) is 14.9. The lowest BCUT2D eigenvalue weighted by Gasteiger charge is -2.11. The van der Waals surface area contributed by atoms with Gasteiger partial charge < -0.3 is 0 Å². The number of benzene rings is 5. The smallest absolute Gasteiger partial charge is 0.000729 e. The number of rotatable bonds is 1. The fourth-order valence-electron chi connectivity index (χ4n) is 4.54. The molecule has 5 aromatic carbocycles. The molecular weight excluding hydrogens is 324 g/mol. The minimum atomic E-state index is 1.03. The maximum absolute atomic E-state index is 2.35. The Morgan fingerprint density at radius 1 is 0.444 bits per heavy atom. The van der Waals surface area contributed by atoms with Crippen molar-refractivity contribution in [2.45, 2.75) is 6.42 Å². The van der Waals surface area contributed by atoms with Gasteiger partial charge in [0.25, 0.3) is 0 Å². The van der Waals surface area contributed by atoms with E-state index in [0.29, 0.717) is 0 Å². The standard InChI is InChI=1S/C27H18/c1-2-7-19-15-23-16-22(13-12-20(23)14-18(19)6-1)25-10-5-11-26-24-9-4-3-8-21(24)17-27(25)26/h1-16H,17H2. The van der Waals surface area contributed by atoms with E-state index < -0.39 is 0 Å². The SMILES string of the molecule is c1ccc2c(c1)Cc1c(-c3ccc4cc5ccccc5cc4c3)cccc1-2. The molecule has 0 amide bonds. The second-order valence-electron chi connectivity index (χ2n) is 7.43. The molecule has 0 heterocycles. The van der Waals surface area contributed by atoms with Crippen LogP contribution in [-0.4, -0.2) is 0 Å². The first kappa shape index (κ1) is 14.8. The van der Waals surface area contributed by atoms with Crippen LogP contribution in [0, 0.1) is 0 Å². The molecule has 0 N–H and O–H groups in total. The Labute approximate surface area is 158 Å². The summed E-state index contributed by atoms with van der Waals surface area (Å²) in [4.78, 5) is 0. The predicted molar refractivity (Wildman–Crippen MR) is 115 cm³/mol. The van der Waals surface area contributed by atoms with Crippen molar-refractivity contribution in [2.75, 3.05) is 0 Å². The zero-order chi connectivity index (χ0) is 17.8. The highest BCUT2D eigenvalue weighted by Gasteiger charge is 2.20. The van der Waals surface area contributed by atoms with Crippen LogP contribution >= 0.6 is 0 Å². The van der Waals surface area contributed by atoms with Gasteiger partial charge in [0, 0.05) is 0 Å². The Balaban J connectivity index is 1.56. The second-order valence-corrected chi connectivity index (χ2v) is 7.43. The van der Waals surface area contributed by atoms with Gasteiger partial charge in [-0.1, -0.05) is 78.9 Å². The third kappa shape index (κ3) is 2.23. The van der Waals surface area contributed by atoms with E-state index in [1.54, 1.807) is 0 Å². The number of hydrogen-bond acceptors (Lipinski definition) is 0. The maximum Gasteiger partial charge on any atom is -0.000729 e. The monoisotopic (exact) mass is 342 g/mol. The molecule has 0 saturated carbocycles. The lowest BCUT2D eigenvalue weighted by molar-refractivity contribution is 1.26. The second kappa shape index (κ2) is 5.56. The summed E-state index contributed by atoms with van der Waals surface area (Å²) in [6, 6.07) is 35.6. The van der Waals surface area contributed by atoms with Gasteiger partial charge in [0.05, 0.1) is 0 Å². The van der Waals surface area contributed by atoms with Crippen LogP contribution in [-0.2, 0) is 6.42 Å². The van der Waals surface area contributed by atoms with Crippen LogP contribution in [0.15, 0.2) is 97.1 Å². The Morgan fingerprint density at radius 2 is 1.11 bits per heavy atom. The molecule has 0 radical (unpaired) electrons. The number of hydrogen-bond donors (Lipinski definition) is 0. The van der Waals surface area contributed by atoms with Crippen molar-refractivity contribution in [1.29, 1.82) is 0 Å². The van der Waals surface area contributed by atoms with Crippen LogP contribution in [0.4, 0.5) is 0 Å². The Kier molecular flexibility index (Phi) is 3.04. The molecule has 5 aromatic rings. The average molecular weight is 342 g/mol. The molecule has 0 heteroatoms. The van der Waals surface area contributed by atoms with Crippen LogP contribution in [0.2, 0.25) is 0 Å². The highest BCUT2D eigenvalue weighted by atomic mass is 14.2. The third-order valence-corrected chi connectivity index (χ3v) is 5.87. The van der Waals surface area contributed by atoms with E-state index in [1.165, 1.54) is 54.9 Å². The van der Waals surface area contributed by atoms with Crippen LogP contribution in [0.1, 0.15) is 11.1 Å². The molecule has 0 aromatic heterocycles. The average Bonchev–Trinajstić information content (AvgIpc) is 3.10. The van der Waals surface area contributed by atoms with Crippen molar-refractivity contribution >= 4 is 21.5 Å². The molecular formula is C27H18. The van der Waals surface area contributed by atoms with E-state index in [1.807, 2.05) is 0 Å². The van der Waals surface area contributed by atoms with Gasteiger partial charge in [-0.2, -0.15) is 0 Å². The van der Waals surface area contributed by atoms with Gasteiger partial charge in [0.15, 0.2) is 0 Å². The van der Waals surface area contributed by atoms with E-state index >= 15 is 0 Å². The summed E-state index contributed by atoms with van der Waals surface area (Å²) >= 11 is 0. The van der Waals surface area contributed by atoms with Gasteiger partial charge in [-0.3, -0.25) is 0 Å². The first-order chi connectivity index (χ1) is 13.4. The van der Waals surface area contributed by atoms with Crippen LogP contribution in [0.25, 0.3) is 43.8 Å². The minimum absolute atomic E-state index is 1.03. The molecule has 1 aliphatic carbocycles. The largest absolute Gasteiger partial charge is 0.0619 e. The topological polar surface area (TPSA) is 0 Å². The third-order valence-electron chi connectivity index (χ3n) is 5.87. The molecule has 0 aliphatic heterocycles. The summed E-state index contributed by atoms with van der Waals surface area (Å²) < 4.78 is 0. The lowest BCUT2D eigenvalue weighted by atomic mass is 9.93. The first-order valence-corrected chi connectivity index (χ1v) is 9.50. The Bertz CT molecular complexity index is 1340. The fraction of sp³-hybridized carbons (Fsp3) is 0.0370. The molecule has 0 fully saturated rings. The van der Waals surface area contributed by atoms with Crippen LogP contribution in [0.3, 0.4) is 0 Å². The van der Waals surface area contributed by atoms with Crippen molar-refractivity contribution in [3.63, 3.8) is 0 Å². The van der Waals surface area contributed by atoms with Crippen molar-refractivity contribution in [3.05, 3.63) is 108 Å². The van der Waals surface area contributed by atoms with Crippen LogP contribution < -0.4 is 0 Å².